The second kappa shape index (κ2) is 5.95. The molecule has 0 aromatic carbocycles. The Balaban J connectivity index is 2.86. The summed E-state index contributed by atoms with van der Waals surface area (Å²) in [5, 5.41) is 0. The molecule has 17 heavy (non-hydrogen) atoms. The number of hydrazine groups is 1. The number of rotatable bonds is 6. The molecule has 1 atom stereocenters. The number of aromatic nitrogens is 1. The summed E-state index contributed by atoms with van der Waals surface area (Å²) in [4.78, 5) is 4.04. The lowest BCUT2D eigenvalue weighted by molar-refractivity contribution is 0.381. The lowest BCUT2D eigenvalue weighted by Gasteiger charge is -2.17. The van der Waals surface area contributed by atoms with E-state index in [0.717, 1.165) is 5.56 Å². The highest BCUT2D eigenvalue weighted by atomic mass is 32.2. The van der Waals surface area contributed by atoms with E-state index >= 15 is 0 Å². The molecule has 0 aliphatic heterocycles. The molecule has 1 rings (SSSR count). The Bertz CT molecular complexity index is 462. The van der Waals surface area contributed by atoms with Crippen LogP contribution in [-0.4, -0.2) is 32.5 Å². The van der Waals surface area contributed by atoms with Gasteiger partial charge in [-0.1, -0.05) is 6.07 Å². The quantitative estimate of drug-likeness (QED) is 0.553. The van der Waals surface area contributed by atoms with Gasteiger partial charge < -0.3 is 4.74 Å². The molecule has 0 fully saturated rings. The van der Waals surface area contributed by atoms with Crippen LogP contribution in [0.5, 0.6) is 5.88 Å². The van der Waals surface area contributed by atoms with Crippen molar-refractivity contribution in [1.29, 1.82) is 0 Å². The van der Waals surface area contributed by atoms with Crippen LogP contribution in [0.4, 0.5) is 0 Å². The minimum atomic E-state index is -3.01. The van der Waals surface area contributed by atoms with Gasteiger partial charge in [-0.05, 0) is 12.5 Å². The van der Waals surface area contributed by atoms with Gasteiger partial charge in [0.15, 0.2) is 0 Å². The molecular weight excluding hydrogens is 242 g/mol. The number of ether oxygens (including phenoxy) is 1. The summed E-state index contributed by atoms with van der Waals surface area (Å²) in [7, 11) is -1.50. The zero-order chi connectivity index (χ0) is 12.9. The summed E-state index contributed by atoms with van der Waals surface area (Å²) in [6, 6.07) is 3.26. The van der Waals surface area contributed by atoms with Crippen molar-refractivity contribution in [2.75, 3.05) is 19.1 Å². The van der Waals surface area contributed by atoms with Crippen molar-refractivity contribution in [3.8, 4) is 5.88 Å². The highest BCUT2D eigenvalue weighted by Gasteiger charge is 2.17. The van der Waals surface area contributed by atoms with Crippen LogP contribution in [0.2, 0.25) is 0 Å². The second-order valence-electron chi connectivity index (χ2n) is 3.74. The van der Waals surface area contributed by atoms with Crippen LogP contribution in [0, 0.1) is 0 Å². The molecular formula is C10H17N3O3S. The molecule has 0 saturated carbocycles. The highest BCUT2D eigenvalue weighted by molar-refractivity contribution is 7.90. The molecule has 0 saturated heterocycles. The molecule has 0 aliphatic carbocycles. The van der Waals surface area contributed by atoms with Crippen molar-refractivity contribution >= 4 is 9.84 Å². The fourth-order valence-electron chi connectivity index (χ4n) is 1.50. The van der Waals surface area contributed by atoms with Gasteiger partial charge in [-0.3, -0.25) is 11.3 Å². The predicted molar refractivity (Wildman–Crippen MR) is 65.2 cm³/mol. The van der Waals surface area contributed by atoms with Gasteiger partial charge in [0.2, 0.25) is 5.88 Å². The van der Waals surface area contributed by atoms with E-state index in [1.165, 1.54) is 13.4 Å². The van der Waals surface area contributed by atoms with Crippen molar-refractivity contribution in [2.24, 2.45) is 5.84 Å². The second-order valence-corrected chi connectivity index (χ2v) is 6.00. The number of nitrogens with zero attached hydrogens (tertiary/aromatic N) is 1. The Kier molecular flexibility index (Phi) is 4.86. The van der Waals surface area contributed by atoms with Gasteiger partial charge in [-0.15, -0.1) is 0 Å². The molecule has 7 heteroatoms. The molecule has 1 aromatic heterocycles. The summed E-state index contributed by atoms with van der Waals surface area (Å²) in [5.74, 6) is 5.93. The fraction of sp³-hybridized carbons (Fsp3) is 0.500. The Morgan fingerprint density at radius 3 is 2.82 bits per heavy atom. The molecule has 1 heterocycles. The van der Waals surface area contributed by atoms with E-state index < -0.39 is 9.84 Å². The molecule has 0 amide bonds. The van der Waals surface area contributed by atoms with Crippen LogP contribution >= 0.6 is 0 Å². The van der Waals surface area contributed by atoms with Crippen LogP contribution in [-0.2, 0) is 9.84 Å². The van der Waals surface area contributed by atoms with E-state index in [4.69, 9.17) is 10.6 Å². The van der Waals surface area contributed by atoms with Gasteiger partial charge in [0.1, 0.15) is 9.84 Å². The number of hydrogen-bond acceptors (Lipinski definition) is 6. The zero-order valence-electron chi connectivity index (χ0n) is 9.88. The fourth-order valence-corrected chi connectivity index (χ4v) is 2.16. The van der Waals surface area contributed by atoms with Crippen molar-refractivity contribution in [3.05, 3.63) is 23.9 Å². The largest absolute Gasteiger partial charge is 0.481 e. The van der Waals surface area contributed by atoms with Gasteiger partial charge in [0.05, 0.1) is 18.9 Å². The first-order valence-electron chi connectivity index (χ1n) is 5.10. The van der Waals surface area contributed by atoms with Gasteiger partial charge in [-0.25, -0.2) is 13.4 Å². The predicted octanol–water partition coefficient (Wildman–Crippen LogP) is 0.0293. The topological polar surface area (TPSA) is 94.3 Å². The van der Waals surface area contributed by atoms with E-state index in [-0.39, 0.29) is 11.8 Å². The maximum Gasteiger partial charge on any atom is 0.217 e. The Morgan fingerprint density at radius 1 is 1.59 bits per heavy atom. The third-order valence-electron chi connectivity index (χ3n) is 2.35. The molecule has 6 nitrogen and oxygen atoms in total. The molecule has 96 valence electrons. The van der Waals surface area contributed by atoms with Crippen LogP contribution in [0.15, 0.2) is 18.3 Å². The Labute approximate surface area is 101 Å². The SMILES string of the molecule is COc1ncccc1C(CCS(C)(=O)=O)NN. The van der Waals surface area contributed by atoms with Crippen LogP contribution in [0.1, 0.15) is 18.0 Å². The number of pyridine rings is 1. The molecule has 0 spiro atoms. The van der Waals surface area contributed by atoms with Crippen LogP contribution < -0.4 is 16.0 Å². The molecule has 1 aromatic rings. The van der Waals surface area contributed by atoms with Crippen LogP contribution in [0.3, 0.4) is 0 Å². The highest BCUT2D eigenvalue weighted by Crippen LogP contribution is 2.24. The third-order valence-corrected chi connectivity index (χ3v) is 3.33. The maximum atomic E-state index is 11.1. The van der Waals surface area contributed by atoms with Gasteiger partial charge in [-0.2, -0.15) is 0 Å². The lowest BCUT2D eigenvalue weighted by atomic mass is 10.1. The minimum absolute atomic E-state index is 0.0555. The van der Waals surface area contributed by atoms with E-state index in [9.17, 15) is 8.42 Å². The Hall–Kier alpha value is -1.18. The van der Waals surface area contributed by atoms with Crippen molar-refractivity contribution in [3.63, 3.8) is 0 Å². The zero-order valence-corrected chi connectivity index (χ0v) is 10.7. The van der Waals surface area contributed by atoms with E-state index in [0.29, 0.717) is 12.3 Å². The standard InChI is InChI=1S/C10H17N3O3S/c1-16-10-8(4-3-6-12-10)9(13-11)5-7-17(2,14)15/h3-4,6,9,13H,5,7,11H2,1-2H3. The average Bonchev–Trinajstić information content (AvgIpc) is 2.29. The van der Waals surface area contributed by atoms with Gasteiger partial charge >= 0.3 is 0 Å². The first-order chi connectivity index (χ1) is 7.98. The Morgan fingerprint density at radius 2 is 2.29 bits per heavy atom. The molecule has 0 bridgehead atoms. The van der Waals surface area contributed by atoms with Crippen LogP contribution in [0.25, 0.3) is 0 Å². The summed E-state index contributed by atoms with van der Waals surface area (Å²) in [6.07, 6.45) is 3.17. The normalized spacial score (nSPS) is 13.4. The third kappa shape index (κ3) is 4.29. The summed E-state index contributed by atoms with van der Waals surface area (Å²) >= 11 is 0. The van der Waals surface area contributed by atoms with E-state index in [1.54, 1.807) is 18.3 Å². The summed E-state index contributed by atoms with van der Waals surface area (Å²) < 4.78 is 27.3. The first kappa shape index (κ1) is 13.9. The molecule has 0 aliphatic rings. The number of methoxy groups -OCH3 is 1. The number of nitrogens with one attached hydrogen (secondary N) is 1. The smallest absolute Gasteiger partial charge is 0.217 e. The van der Waals surface area contributed by atoms with E-state index in [2.05, 4.69) is 10.4 Å². The maximum absolute atomic E-state index is 11.1. The van der Waals surface area contributed by atoms with Crippen molar-refractivity contribution in [1.82, 2.24) is 10.4 Å². The van der Waals surface area contributed by atoms with Crippen molar-refractivity contribution < 1.29 is 13.2 Å². The first-order valence-corrected chi connectivity index (χ1v) is 7.16. The molecule has 3 N–H and O–H groups in total. The summed E-state index contributed by atoms with van der Waals surface area (Å²) in [6.45, 7) is 0. The summed E-state index contributed by atoms with van der Waals surface area (Å²) in [5.41, 5.74) is 3.33. The molecule has 0 radical (unpaired) electrons. The number of sulfone groups is 1. The van der Waals surface area contributed by atoms with Crippen molar-refractivity contribution in [2.45, 2.75) is 12.5 Å². The molecule has 1 unspecified atom stereocenters. The lowest BCUT2D eigenvalue weighted by Crippen LogP contribution is -2.30. The van der Waals surface area contributed by atoms with E-state index in [1.807, 2.05) is 0 Å². The number of hydrogen-bond donors (Lipinski definition) is 2. The van der Waals surface area contributed by atoms with Gasteiger partial charge in [0.25, 0.3) is 0 Å². The van der Waals surface area contributed by atoms with Gasteiger partial charge in [0, 0.05) is 18.0 Å². The number of nitrogens with two attached hydrogens (primary N) is 1. The average molecular weight is 259 g/mol. The minimum Gasteiger partial charge on any atom is -0.481 e. The monoisotopic (exact) mass is 259 g/mol.